The zero-order chi connectivity index (χ0) is 12.2. The van der Waals surface area contributed by atoms with Crippen LogP contribution in [0, 0.1) is 0 Å². The van der Waals surface area contributed by atoms with E-state index in [9.17, 15) is 9.59 Å². The van der Waals surface area contributed by atoms with E-state index in [0.717, 1.165) is 0 Å². The van der Waals surface area contributed by atoms with E-state index >= 15 is 0 Å². The molecule has 0 heterocycles. The molecule has 94 valence electrons. The average Bonchev–Trinajstić information content (AvgIpc) is 2.30. The Bertz CT molecular complexity index is 214. The standard InChI is InChI=1S/C9H17ClN2O4/c1-15-4-5-16-7-9(14)12-3-2-11-8(13)6-10/h2-7H2,1H3,(H,11,13)(H,12,14). The van der Waals surface area contributed by atoms with Crippen molar-refractivity contribution in [2.24, 2.45) is 0 Å². The maximum atomic E-state index is 11.1. The zero-order valence-electron chi connectivity index (χ0n) is 9.25. The first-order valence-corrected chi connectivity index (χ1v) is 5.40. The molecule has 16 heavy (non-hydrogen) atoms. The molecule has 0 fully saturated rings. The summed E-state index contributed by atoms with van der Waals surface area (Å²) in [5.41, 5.74) is 0. The van der Waals surface area contributed by atoms with Gasteiger partial charge in [0.1, 0.15) is 12.5 Å². The van der Waals surface area contributed by atoms with E-state index in [2.05, 4.69) is 10.6 Å². The van der Waals surface area contributed by atoms with Gasteiger partial charge in [-0.25, -0.2) is 0 Å². The molecule has 0 aromatic rings. The van der Waals surface area contributed by atoms with Crippen molar-refractivity contribution in [1.29, 1.82) is 0 Å². The number of halogens is 1. The fourth-order valence-electron chi connectivity index (χ4n) is 0.809. The van der Waals surface area contributed by atoms with Gasteiger partial charge in [-0.3, -0.25) is 9.59 Å². The molecule has 0 aliphatic heterocycles. The highest BCUT2D eigenvalue weighted by Gasteiger charge is 2.01. The fourth-order valence-corrected chi connectivity index (χ4v) is 0.904. The molecular weight excluding hydrogens is 236 g/mol. The average molecular weight is 253 g/mol. The topological polar surface area (TPSA) is 76.7 Å². The monoisotopic (exact) mass is 252 g/mol. The lowest BCUT2D eigenvalue weighted by atomic mass is 10.5. The Morgan fingerprint density at radius 3 is 2.31 bits per heavy atom. The van der Waals surface area contributed by atoms with Crippen molar-refractivity contribution in [3.8, 4) is 0 Å². The van der Waals surface area contributed by atoms with Crippen LogP contribution >= 0.6 is 11.6 Å². The first-order chi connectivity index (χ1) is 7.70. The minimum absolute atomic E-state index is 0.00713. The molecule has 0 spiro atoms. The van der Waals surface area contributed by atoms with Gasteiger partial charge in [-0.2, -0.15) is 0 Å². The first kappa shape index (κ1) is 15.2. The summed E-state index contributed by atoms with van der Waals surface area (Å²) in [6.45, 7) is 1.54. The number of carbonyl (C=O) groups is 2. The van der Waals surface area contributed by atoms with Gasteiger partial charge in [0.2, 0.25) is 11.8 Å². The van der Waals surface area contributed by atoms with Crippen molar-refractivity contribution < 1.29 is 19.1 Å². The summed E-state index contributed by atoms with van der Waals surface area (Å²) >= 11 is 5.26. The molecule has 0 aliphatic rings. The Morgan fingerprint density at radius 2 is 1.75 bits per heavy atom. The normalized spacial score (nSPS) is 9.88. The molecule has 0 atom stereocenters. The molecule has 0 bridgehead atoms. The van der Waals surface area contributed by atoms with Crippen LogP contribution in [-0.2, 0) is 19.1 Å². The van der Waals surface area contributed by atoms with E-state index in [1.807, 2.05) is 0 Å². The molecule has 0 saturated carbocycles. The van der Waals surface area contributed by atoms with Gasteiger partial charge in [0.15, 0.2) is 0 Å². The number of nitrogens with one attached hydrogen (secondary N) is 2. The molecule has 0 saturated heterocycles. The van der Waals surface area contributed by atoms with Gasteiger partial charge in [-0.1, -0.05) is 0 Å². The third-order valence-corrected chi connectivity index (χ3v) is 1.80. The summed E-state index contributed by atoms with van der Waals surface area (Å²) in [6, 6.07) is 0. The van der Waals surface area contributed by atoms with Gasteiger partial charge in [0, 0.05) is 20.2 Å². The minimum atomic E-state index is -0.257. The van der Waals surface area contributed by atoms with Crippen LogP contribution in [0.15, 0.2) is 0 Å². The van der Waals surface area contributed by atoms with Crippen LogP contribution in [0.1, 0.15) is 0 Å². The SMILES string of the molecule is COCCOCC(=O)NCCNC(=O)CCl. The van der Waals surface area contributed by atoms with Crippen LogP contribution < -0.4 is 10.6 Å². The molecule has 0 unspecified atom stereocenters. The Labute approximate surface area is 99.6 Å². The fraction of sp³-hybridized carbons (Fsp3) is 0.778. The summed E-state index contributed by atoms with van der Waals surface area (Å²) in [4.78, 5) is 21.8. The van der Waals surface area contributed by atoms with E-state index in [1.54, 1.807) is 7.11 Å². The number of carbonyl (C=O) groups excluding carboxylic acids is 2. The molecule has 6 nitrogen and oxygen atoms in total. The maximum Gasteiger partial charge on any atom is 0.246 e. The largest absolute Gasteiger partial charge is 0.382 e. The summed E-state index contributed by atoms with van der Waals surface area (Å²) in [6.07, 6.45) is 0. The summed E-state index contributed by atoms with van der Waals surface area (Å²) < 4.78 is 9.73. The lowest BCUT2D eigenvalue weighted by Crippen LogP contribution is -2.36. The van der Waals surface area contributed by atoms with Crippen LogP contribution in [-0.4, -0.2) is 57.7 Å². The number of methoxy groups -OCH3 is 1. The van der Waals surface area contributed by atoms with E-state index in [-0.39, 0.29) is 24.3 Å². The maximum absolute atomic E-state index is 11.1. The van der Waals surface area contributed by atoms with Crippen molar-refractivity contribution in [2.45, 2.75) is 0 Å². The summed E-state index contributed by atoms with van der Waals surface area (Å²) in [5, 5.41) is 5.09. The number of hydrogen-bond donors (Lipinski definition) is 2. The third-order valence-electron chi connectivity index (χ3n) is 1.56. The molecule has 0 aromatic carbocycles. The van der Waals surface area contributed by atoms with Crippen LogP contribution in [0.3, 0.4) is 0 Å². The molecule has 2 N–H and O–H groups in total. The highest BCUT2D eigenvalue weighted by molar-refractivity contribution is 6.27. The predicted molar refractivity (Wildman–Crippen MR) is 59.4 cm³/mol. The number of alkyl halides is 1. The van der Waals surface area contributed by atoms with Crippen molar-refractivity contribution in [2.75, 3.05) is 45.9 Å². The predicted octanol–water partition coefficient (Wildman–Crippen LogP) is -0.879. The number of hydrogen-bond acceptors (Lipinski definition) is 4. The van der Waals surface area contributed by atoms with Crippen LogP contribution in [0.2, 0.25) is 0 Å². The van der Waals surface area contributed by atoms with Gasteiger partial charge in [0.05, 0.1) is 13.2 Å². The van der Waals surface area contributed by atoms with Gasteiger partial charge < -0.3 is 20.1 Å². The Morgan fingerprint density at radius 1 is 1.12 bits per heavy atom. The second-order valence-electron chi connectivity index (χ2n) is 2.88. The highest BCUT2D eigenvalue weighted by Crippen LogP contribution is 1.77. The molecule has 0 rings (SSSR count). The number of amides is 2. The lowest BCUT2D eigenvalue weighted by molar-refractivity contribution is -0.126. The van der Waals surface area contributed by atoms with Crippen LogP contribution in [0.5, 0.6) is 0 Å². The quantitative estimate of drug-likeness (QED) is 0.413. The number of ether oxygens (including phenoxy) is 2. The van der Waals surface area contributed by atoms with E-state index in [0.29, 0.717) is 26.3 Å². The molecule has 0 radical (unpaired) electrons. The van der Waals surface area contributed by atoms with Crippen LogP contribution in [0.25, 0.3) is 0 Å². The van der Waals surface area contributed by atoms with Gasteiger partial charge in [-0.15, -0.1) is 11.6 Å². The molecular formula is C9H17ClN2O4. The van der Waals surface area contributed by atoms with Crippen LogP contribution in [0.4, 0.5) is 0 Å². The Hall–Kier alpha value is -0.850. The first-order valence-electron chi connectivity index (χ1n) is 4.86. The second kappa shape index (κ2) is 10.7. The van der Waals surface area contributed by atoms with E-state index in [4.69, 9.17) is 21.1 Å². The van der Waals surface area contributed by atoms with E-state index in [1.165, 1.54) is 0 Å². The zero-order valence-corrected chi connectivity index (χ0v) is 10.0. The molecule has 2 amide bonds. The van der Waals surface area contributed by atoms with Gasteiger partial charge >= 0.3 is 0 Å². The van der Waals surface area contributed by atoms with Crippen molar-refractivity contribution in [3.63, 3.8) is 0 Å². The smallest absolute Gasteiger partial charge is 0.246 e. The van der Waals surface area contributed by atoms with Gasteiger partial charge in [-0.05, 0) is 0 Å². The number of rotatable bonds is 9. The molecule has 7 heteroatoms. The highest BCUT2D eigenvalue weighted by atomic mass is 35.5. The molecule has 0 aliphatic carbocycles. The summed E-state index contributed by atoms with van der Waals surface area (Å²) in [5.74, 6) is -0.558. The molecule has 0 aromatic heterocycles. The third kappa shape index (κ3) is 9.70. The Balaban J connectivity index is 3.27. The lowest BCUT2D eigenvalue weighted by Gasteiger charge is -2.06. The van der Waals surface area contributed by atoms with Crippen molar-refractivity contribution in [1.82, 2.24) is 10.6 Å². The summed E-state index contributed by atoms with van der Waals surface area (Å²) in [7, 11) is 1.56. The van der Waals surface area contributed by atoms with Crippen molar-refractivity contribution >= 4 is 23.4 Å². The van der Waals surface area contributed by atoms with E-state index < -0.39 is 0 Å². The minimum Gasteiger partial charge on any atom is -0.382 e. The van der Waals surface area contributed by atoms with Gasteiger partial charge in [0.25, 0.3) is 0 Å². The second-order valence-corrected chi connectivity index (χ2v) is 3.15. The van der Waals surface area contributed by atoms with Crippen molar-refractivity contribution in [3.05, 3.63) is 0 Å². The Kier molecular flexibility index (Phi) is 10.1.